The predicted octanol–water partition coefficient (Wildman–Crippen LogP) is 3.05. The van der Waals surface area contributed by atoms with Gasteiger partial charge in [0.15, 0.2) is 0 Å². The van der Waals surface area contributed by atoms with Crippen LogP contribution < -0.4 is 5.32 Å². The van der Waals surface area contributed by atoms with Gasteiger partial charge in [0.1, 0.15) is 0 Å². The van der Waals surface area contributed by atoms with Gasteiger partial charge in [-0.05, 0) is 30.7 Å². The number of amides is 1. The number of rotatable bonds is 4. The number of hydrogen-bond donors (Lipinski definition) is 1. The molecule has 0 bridgehead atoms. The second kappa shape index (κ2) is 7.35. The Bertz CT molecular complexity index is 780. The number of hydrogen-bond acceptors (Lipinski definition) is 4. The largest absolute Gasteiger partial charge is 0.377 e. The van der Waals surface area contributed by atoms with Gasteiger partial charge in [0.25, 0.3) is 0 Å². The fourth-order valence-corrected chi connectivity index (χ4v) is 4.33. The van der Waals surface area contributed by atoms with Crippen LogP contribution in [0.1, 0.15) is 19.3 Å². The molecule has 2 atom stereocenters. The summed E-state index contributed by atoms with van der Waals surface area (Å²) in [6.07, 6.45) is 3.11. The van der Waals surface area contributed by atoms with Gasteiger partial charge in [0.2, 0.25) is 5.91 Å². The molecule has 2 saturated heterocycles. The Labute approximate surface area is 154 Å². The van der Waals surface area contributed by atoms with E-state index in [1.807, 2.05) is 30.3 Å². The van der Waals surface area contributed by atoms with E-state index in [-0.39, 0.29) is 17.6 Å². The number of ether oxygens (including phenoxy) is 2. The van der Waals surface area contributed by atoms with Gasteiger partial charge >= 0.3 is 0 Å². The van der Waals surface area contributed by atoms with Crippen molar-refractivity contribution in [2.75, 3.05) is 38.7 Å². The van der Waals surface area contributed by atoms with E-state index in [0.717, 1.165) is 55.4 Å². The minimum Gasteiger partial charge on any atom is -0.377 e. The number of benzene rings is 2. The van der Waals surface area contributed by atoms with Crippen LogP contribution in [0.3, 0.4) is 0 Å². The number of anilines is 1. The predicted molar refractivity (Wildman–Crippen MR) is 102 cm³/mol. The summed E-state index contributed by atoms with van der Waals surface area (Å²) in [7, 11) is 1.74. The van der Waals surface area contributed by atoms with Crippen molar-refractivity contribution in [3.05, 3.63) is 42.5 Å². The number of nitrogens with zero attached hydrogens (tertiary/aromatic N) is 1. The molecule has 2 aliphatic heterocycles. The Hall–Kier alpha value is -1.95. The molecule has 0 radical (unpaired) electrons. The zero-order valence-corrected chi connectivity index (χ0v) is 15.2. The molecule has 138 valence electrons. The van der Waals surface area contributed by atoms with Gasteiger partial charge in [-0.2, -0.15) is 0 Å². The van der Waals surface area contributed by atoms with Crippen molar-refractivity contribution in [1.29, 1.82) is 0 Å². The second-order valence-corrected chi connectivity index (χ2v) is 7.30. The van der Waals surface area contributed by atoms with Crippen molar-refractivity contribution < 1.29 is 14.3 Å². The van der Waals surface area contributed by atoms with Gasteiger partial charge in [-0.25, -0.2) is 0 Å². The molecule has 1 amide bonds. The minimum atomic E-state index is -0.142. The van der Waals surface area contributed by atoms with E-state index in [2.05, 4.69) is 22.3 Å². The van der Waals surface area contributed by atoms with E-state index in [1.165, 1.54) is 0 Å². The lowest BCUT2D eigenvalue weighted by molar-refractivity contribution is -0.145. The Kier molecular flexibility index (Phi) is 4.94. The first-order chi connectivity index (χ1) is 12.7. The van der Waals surface area contributed by atoms with Crippen molar-refractivity contribution in [1.82, 2.24) is 4.90 Å². The maximum absolute atomic E-state index is 12.6. The standard InChI is InChI=1S/C21H26N2O3/c1-25-19-14-23(12-11-21(19)10-5-13-26-21)15-20(24)22-18-9-4-7-16-6-2-3-8-17(16)18/h2-4,6-9,19H,5,10-15H2,1H3,(H,22,24)/t19-,21+/m1/s1. The molecule has 5 heteroatoms. The highest BCUT2D eigenvalue weighted by Gasteiger charge is 2.46. The van der Waals surface area contributed by atoms with Crippen LogP contribution >= 0.6 is 0 Å². The molecular formula is C21H26N2O3. The van der Waals surface area contributed by atoms with Gasteiger partial charge in [-0.3, -0.25) is 9.69 Å². The summed E-state index contributed by atoms with van der Waals surface area (Å²) in [6, 6.07) is 14.1. The van der Waals surface area contributed by atoms with E-state index in [0.29, 0.717) is 6.54 Å². The van der Waals surface area contributed by atoms with Gasteiger partial charge in [-0.1, -0.05) is 36.4 Å². The average molecular weight is 354 g/mol. The van der Waals surface area contributed by atoms with E-state index in [9.17, 15) is 4.79 Å². The Morgan fingerprint density at radius 1 is 1.27 bits per heavy atom. The lowest BCUT2D eigenvalue weighted by Gasteiger charge is -2.44. The summed E-state index contributed by atoms with van der Waals surface area (Å²) in [4.78, 5) is 14.8. The Morgan fingerprint density at radius 2 is 2.12 bits per heavy atom. The third kappa shape index (κ3) is 3.34. The Morgan fingerprint density at radius 3 is 2.92 bits per heavy atom. The van der Waals surface area contributed by atoms with E-state index < -0.39 is 0 Å². The Balaban J connectivity index is 1.41. The average Bonchev–Trinajstić information content (AvgIpc) is 3.13. The molecule has 2 aliphatic rings. The molecule has 0 aromatic heterocycles. The molecule has 0 saturated carbocycles. The molecule has 1 spiro atoms. The van der Waals surface area contributed by atoms with Crippen molar-refractivity contribution in [2.24, 2.45) is 0 Å². The zero-order valence-electron chi connectivity index (χ0n) is 15.2. The third-order valence-electron chi connectivity index (χ3n) is 5.71. The number of likely N-dealkylation sites (tertiary alicyclic amines) is 1. The van der Waals surface area contributed by atoms with E-state index in [4.69, 9.17) is 9.47 Å². The lowest BCUT2D eigenvalue weighted by atomic mass is 9.86. The first kappa shape index (κ1) is 17.5. The molecule has 5 nitrogen and oxygen atoms in total. The van der Waals surface area contributed by atoms with Crippen molar-refractivity contribution >= 4 is 22.4 Å². The molecule has 4 rings (SSSR count). The molecule has 26 heavy (non-hydrogen) atoms. The fourth-order valence-electron chi connectivity index (χ4n) is 4.33. The number of nitrogens with one attached hydrogen (secondary N) is 1. The van der Waals surface area contributed by atoms with Crippen molar-refractivity contribution in [3.63, 3.8) is 0 Å². The smallest absolute Gasteiger partial charge is 0.238 e. The van der Waals surface area contributed by atoms with Crippen LogP contribution in [0.4, 0.5) is 5.69 Å². The van der Waals surface area contributed by atoms with Crippen LogP contribution in [0.25, 0.3) is 10.8 Å². The van der Waals surface area contributed by atoms with Crippen LogP contribution in [0.2, 0.25) is 0 Å². The second-order valence-electron chi connectivity index (χ2n) is 7.30. The van der Waals surface area contributed by atoms with E-state index >= 15 is 0 Å². The maximum Gasteiger partial charge on any atom is 0.238 e. The van der Waals surface area contributed by atoms with Gasteiger partial charge in [0, 0.05) is 37.9 Å². The van der Waals surface area contributed by atoms with Crippen LogP contribution in [0.15, 0.2) is 42.5 Å². The van der Waals surface area contributed by atoms with Gasteiger partial charge in [-0.15, -0.1) is 0 Å². The molecule has 2 aromatic carbocycles. The highest BCUT2D eigenvalue weighted by atomic mass is 16.5. The highest BCUT2D eigenvalue weighted by Crippen LogP contribution is 2.37. The number of fused-ring (bicyclic) bond motifs is 1. The first-order valence-corrected chi connectivity index (χ1v) is 9.37. The summed E-state index contributed by atoms with van der Waals surface area (Å²) < 4.78 is 11.7. The normalized spacial score (nSPS) is 26.4. The third-order valence-corrected chi connectivity index (χ3v) is 5.71. The van der Waals surface area contributed by atoms with Crippen molar-refractivity contribution in [2.45, 2.75) is 31.0 Å². The summed E-state index contributed by atoms with van der Waals surface area (Å²) in [6.45, 7) is 2.79. The van der Waals surface area contributed by atoms with Crippen molar-refractivity contribution in [3.8, 4) is 0 Å². The van der Waals surface area contributed by atoms with E-state index in [1.54, 1.807) is 7.11 Å². The summed E-state index contributed by atoms with van der Waals surface area (Å²) in [5.41, 5.74) is 0.723. The monoisotopic (exact) mass is 354 g/mol. The molecular weight excluding hydrogens is 328 g/mol. The minimum absolute atomic E-state index is 0.0134. The van der Waals surface area contributed by atoms with Crippen LogP contribution in [-0.2, 0) is 14.3 Å². The highest BCUT2D eigenvalue weighted by molar-refractivity contribution is 6.02. The summed E-state index contributed by atoms with van der Waals surface area (Å²) >= 11 is 0. The first-order valence-electron chi connectivity index (χ1n) is 9.37. The molecule has 2 fully saturated rings. The number of methoxy groups -OCH3 is 1. The number of carbonyl (C=O) groups excluding carboxylic acids is 1. The molecule has 0 aliphatic carbocycles. The summed E-state index contributed by atoms with van der Waals surface area (Å²) in [5.74, 6) is 0.0134. The van der Waals surface area contributed by atoms with Crippen LogP contribution in [-0.4, -0.2) is 55.9 Å². The quantitative estimate of drug-likeness (QED) is 0.917. The van der Waals surface area contributed by atoms with Crippen LogP contribution in [0.5, 0.6) is 0 Å². The lowest BCUT2D eigenvalue weighted by Crippen LogP contribution is -2.57. The van der Waals surface area contributed by atoms with Gasteiger partial charge < -0.3 is 14.8 Å². The number of piperidine rings is 1. The molecule has 2 aromatic rings. The summed E-state index contributed by atoms with van der Waals surface area (Å²) in [5, 5.41) is 5.27. The fraction of sp³-hybridized carbons (Fsp3) is 0.476. The molecule has 2 heterocycles. The maximum atomic E-state index is 12.6. The topological polar surface area (TPSA) is 50.8 Å². The molecule has 0 unspecified atom stereocenters. The molecule has 1 N–H and O–H groups in total. The van der Waals surface area contributed by atoms with Gasteiger partial charge in [0.05, 0.1) is 18.2 Å². The van der Waals surface area contributed by atoms with Crippen LogP contribution in [0, 0.1) is 0 Å². The SMILES string of the molecule is CO[C@@H]1CN(CC(=O)Nc2cccc3ccccc23)CC[C@@]12CCCO2. The number of carbonyl (C=O) groups is 1. The zero-order chi connectivity index (χ0) is 18.0.